The zero-order valence-corrected chi connectivity index (χ0v) is 55.6. The van der Waals surface area contributed by atoms with Crippen molar-refractivity contribution in [2.45, 2.75) is 197 Å². The van der Waals surface area contributed by atoms with Crippen LogP contribution in [0.2, 0.25) is 0 Å². The van der Waals surface area contributed by atoms with Crippen molar-refractivity contribution in [3.63, 3.8) is 0 Å². The van der Waals surface area contributed by atoms with Gasteiger partial charge in [-0.15, -0.1) is 22.1 Å². The average Bonchev–Trinajstić information content (AvgIpc) is 4.25. The van der Waals surface area contributed by atoms with E-state index in [1.165, 1.54) is 33.4 Å². The molecule has 0 saturated heterocycles. The second-order valence-electron chi connectivity index (χ2n) is 28.1. The Hall–Kier alpha value is -4.97. The van der Waals surface area contributed by atoms with Gasteiger partial charge >= 0.3 is 27.1 Å². The quantitative estimate of drug-likeness (QED) is 0.0684. The summed E-state index contributed by atoms with van der Waals surface area (Å²) in [6.07, 6.45) is 11.8. The van der Waals surface area contributed by atoms with E-state index in [1.54, 1.807) is 0 Å². The molecule has 0 fully saturated rings. The van der Waals surface area contributed by atoms with E-state index in [1.807, 2.05) is 24.3 Å². The number of hydrogen-bond donors (Lipinski definition) is 0. The maximum Gasteiger partial charge on any atom is 2.00 e. The predicted octanol–water partition coefficient (Wildman–Crippen LogP) is 19.1. The van der Waals surface area contributed by atoms with Gasteiger partial charge in [-0.2, -0.15) is 0 Å². The van der Waals surface area contributed by atoms with Crippen LogP contribution in [-0.2, 0) is 65.6 Å². The molecule has 2 aliphatic heterocycles. The normalized spacial score (nSPS) is 13.6. The summed E-state index contributed by atoms with van der Waals surface area (Å²) in [4.78, 5) is 22.6. The summed E-state index contributed by atoms with van der Waals surface area (Å²) in [7, 11) is -4.09. The van der Waals surface area contributed by atoms with Crippen LogP contribution in [0, 0.1) is 0 Å². The molecule has 6 aromatic rings. The third-order valence-electron chi connectivity index (χ3n) is 15.2. The minimum atomic E-state index is -4.09. The van der Waals surface area contributed by atoms with Crippen LogP contribution >= 0.6 is 7.60 Å². The summed E-state index contributed by atoms with van der Waals surface area (Å²) >= 11 is 0. The molecule has 8 bridgehead atoms. The number of fused-ring (bicyclic) bond motifs is 8. The topological polar surface area (TPSA) is 89.5 Å². The standard InChI is InChI=1S/C70H89N4O3P.Zn/c1-21-23-33-76-78(75,77-34-24-22-2)64-59-31-29-57(73-59)62(45-37-49(67(9,10)11)42-50(38-45)68(12,13)14)55-27-25-53(71-55)61(44-35-47(65(3,4)5)41-48(36-44)66(6,7)8)54-26-28-56(72-54)63(58-30-32-60(64)74-58)46-39-51(69(15,16)17)43-52(40-46)70(18,19)20;/h25-32,35-43H,21-24,33-34H2,1-20H3;/q-2;+2. The molecule has 0 unspecified atom stereocenters. The van der Waals surface area contributed by atoms with Gasteiger partial charge in [-0.25, -0.2) is 9.97 Å². The molecule has 3 aromatic carbocycles. The van der Waals surface area contributed by atoms with Crippen molar-refractivity contribution in [3.8, 4) is 33.4 Å². The van der Waals surface area contributed by atoms with Crippen LogP contribution < -0.4 is 15.3 Å². The predicted molar refractivity (Wildman–Crippen MR) is 334 cm³/mol. The van der Waals surface area contributed by atoms with E-state index in [-0.39, 0.29) is 65.2 Å². The first-order valence-corrected chi connectivity index (χ1v) is 30.2. The molecule has 0 radical (unpaired) electrons. The third-order valence-corrected chi connectivity index (χ3v) is 17.3. The van der Waals surface area contributed by atoms with Crippen LogP contribution in [0.1, 0.15) is 220 Å². The molecule has 3 aromatic heterocycles. The van der Waals surface area contributed by atoms with E-state index >= 15 is 4.57 Å². The van der Waals surface area contributed by atoms with Crippen LogP contribution in [-0.4, -0.2) is 23.2 Å². The van der Waals surface area contributed by atoms with Crippen molar-refractivity contribution < 1.29 is 33.1 Å². The number of benzene rings is 3. The van der Waals surface area contributed by atoms with E-state index in [4.69, 9.17) is 29.0 Å². The Morgan fingerprint density at radius 1 is 0.392 bits per heavy atom. The van der Waals surface area contributed by atoms with E-state index in [9.17, 15) is 0 Å². The number of rotatable bonds is 12. The van der Waals surface area contributed by atoms with Gasteiger partial charge in [0.2, 0.25) is 0 Å². The second-order valence-corrected chi connectivity index (χ2v) is 30.1. The summed E-state index contributed by atoms with van der Waals surface area (Å²) in [5, 5.41) is 0.354. The number of nitrogens with zero attached hydrogens (tertiary/aromatic N) is 4. The first-order valence-electron chi connectivity index (χ1n) is 28.6. The number of unbranched alkanes of at least 4 members (excludes halogenated alkanes) is 2. The fourth-order valence-corrected chi connectivity index (χ4v) is 11.9. The van der Waals surface area contributed by atoms with Gasteiger partial charge in [0.1, 0.15) is 0 Å². The van der Waals surface area contributed by atoms with E-state index < -0.39 is 7.60 Å². The molecule has 0 spiro atoms. The molecule has 0 saturated carbocycles. The Balaban J connectivity index is 0.00000903. The molecular formula is C70H89N4O3PZn. The van der Waals surface area contributed by atoms with Gasteiger partial charge in [-0.05, 0) is 131 Å². The van der Waals surface area contributed by atoms with Gasteiger partial charge in [0, 0.05) is 10.9 Å². The van der Waals surface area contributed by atoms with Crippen molar-refractivity contribution in [1.82, 2.24) is 19.9 Å². The summed E-state index contributed by atoms with van der Waals surface area (Å²) in [5.74, 6) is 0. The minimum Gasteiger partial charge on any atom is -0.657 e. The van der Waals surface area contributed by atoms with Crippen LogP contribution in [0.4, 0.5) is 0 Å². The Labute approximate surface area is 487 Å². The molecule has 7 nitrogen and oxygen atoms in total. The third kappa shape index (κ3) is 13.5. The molecule has 0 amide bonds. The zero-order valence-electron chi connectivity index (χ0n) is 51.7. The molecular weight excluding hydrogens is 1040 g/mol. The molecule has 5 heterocycles. The van der Waals surface area contributed by atoms with Gasteiger partial charge in [0.15, 0.2) is 0 Å². The monoisotopic (exact) mass is 1130 g/mol. The molecule has 0 atom stereocenters. The molecule has 414 valence electrons. The minimum absolute atomic E-state index is 0. The smallest absolute Gasteiger partial charge is 0.657 e. The van der Waals surface area contributed by atoms with E-state index in [0.717, 1.165) is 81.8 Å². The molecule has 0 N–H and O–H groups in total. The SMILES string of the molecule is CCCCOP(=O)(OCCCC)c1c2ccc([n-]2)c(-c2cc(C(C)(C)C)cc(C(C)(C)C)c2)c2nc(c(-c3cc(C(C)(C)C)cc(C(C)(C)C)c3)c3nc(c(-c4cc(C(C)(C)C)cc(C(C)(C)C)c4)c4ccc1[n-]4)C=C3)C=C2.[Zn+2]. The van der Waals surface area contributed by atoms with Crippen molar-refractivity contribution in [1.29, 1.82) is 0 Å². The first kappa shape index (κ1) is 61.6. The van der Waals surface area contributed by atoms with Gasteiger partial charge in [0.05, 0.1) is 36.0 Å². The van der Waals surface area contributed by atoms with Crippen LogP contribution in [0.5, 0.6) is 0 Å². The molecule has 79 heavy (non-hydrogen) atoms. The first-order chi connectivity index (χ1) is 36.2. The Morgan fingerprint density at radius 2 is 0.646 bits per heavy atom. The fraction of sp³-hybridized carbons (Fsp3) is 0.457. The van der Waals surface area contributed by atoms with E-state index in [0.29, 0.717) is 27.4 Å². The van der Waals surface area contributed by atoms with Crippen LogP contribution in [0.15, 0.2) is 78.9 Å². The van der Waals surface area contributed by atoms with Gasteiger partial charge in [-0.1, -0.05) is 230 Å². The van der Waals surface area contributed by atoms with Crippen LogP contribution in [0.25, 0.3) is 79.8 Å². The summed E-state index contributed by atoms with van der Waals surface area (Å²) in [5.41, 5.74) is 17.8. The summed E-state index contributed by atoms with van der Waals surface area (Å²) < 4.78 is 29.2. The van der Waals surface area contributed by atoms with Crippen molar-refractivity contribution >= 4 is 59.3 Å². The fourth-order valence-electron chi connectivity index (χ4n) is 9.98. The zero-order chi connectivity index (χ0) is 57.1. The molecule has 0 aliphatic carbocycles. The Morgan fingerprint density at radius 3 is 0.911 bits per heavy atom. The summed E-state index contributed by atoms with van der Waals surface area (Å²) in [6.45, 7) is 45.7. The maximum absolute atomic E-state index is 16.0. The van der Waals surface area contributed by atoms with Crippen molar-refractivity contribution in [2.24, 2.45) is 0 Å². The van der Waals surface area contributed by atoms with Gasteiger partial charge in [0.25, 0.3) is 0 Å². The van der Waals surface area contributed by atoms with Crippen molar-refractivity contribution in [2.75, 3.05) is 13.2 Å². The van der Waals surface area contributed by atoms with Crippen molar-refractivity contribution in [3.05, 3.63) is 135 Å². The molecule has 9 heteroatoms. The van der Waals surface area contributed by atoms with E-state index in [2.05, 4.69) is 217 Å². The number of aromatic nitrogens is 4. The van der Waals surface area contributed by atoms with Gasteiger partial charge in [-0.3, -0.25) is 4.57 Å². The summed E-state index contributed by atoms with van der Waals surface area (Å²) in [6, 6.07) is 29.0. The largest absolute Gasteiger partial charge is 2.00 e. The molecule has 2 aliphatic rings. The van der Waals surface area contributed by atoms with Gasteiger partial charge < -0.3 is 19.0 Å². The Kier molecular flexibility index (Phi) is 17.8. The average molecular weight is 1130 g/mol. The second kappa shape index (κ2) is 22.8. The maximum atomic E-state index is 16.0. The Bertz CT molecular complexity index is 3240. The van der Waals surface area contributed by atoms with Crippen LogP contribution in [0.3, 0.4) is 0 Å². The number of hydrogen-bond acceptors (Lipinski definition) is 5. The molecule has 8 rings (SSSR count).